The van der Waals surface area contributed by atoms with Gasteiger partial charge in [0.05, 0.1) is 29.1 Å². The van der Waals surface area contributed by atoms with Gasteiger partial charge in [-0.2, -0.15) is 4.68 Å². The Balaban J connectivity index is 1.61. The molecule has 0 saturated heterocycles. The third kappa shape index (κ3) is 3.20. The fraction of sp³-hybridized carbons (Fsp3) is 0.267. The zero-order chi connectivity index (χ0) is 17.4. The predicted octanol–water partition coefficient (Wildman–Crippen LogP) is 2.91. The molecule has 1 amide bonds. The fourth-order valence-electron chi connectivity index (χ4n) is 2.41. The highest BCUT2D eigenvalue weighted by Crippen LogP contribution is 2.41. The van der Waals surface area contributed by atoms with Crippen molar-refractivity contribution < 1.29 is 9.53 Å². The summed E-state index contributed by atoms with van der Waals surface area (Å²) < 4.78 is 6.73. The van der Waals surface area contributed by atoms with Gasteiger partial charge in [0.2, 0.25) is 0 Å². The molecule has 3 aromatic rings. The van der Waals surface area contributed by atoms with E-state index in [-0.39, 0.29) is 5.91 Å². The molecule has 0 atom stereocenters. The molecule has 1 fully saturated rings. The van der Waals surface area contributed by atoms with Crippen LogP contribution < -0.4 is 10.1 Å². The molecule has 1 aromatic carbocycles. The maximum Gasteiger partial charge on any atom is 0.261 e. The molecule has 1 aliphatic carbocycles. The van der Waals surface area contributed by atoms with Crippen molar-refractivity contribution in [2.75, 3.05) is 12.4 Å². The SMILES string of the molecule is COc1cc(-n2cnnn2)c(Cl)cc1C(=O)Nc1nc(C2CC2)cs1. The van der Waals surface area contributed by atoms with Gasteiger partial charge in [0.25, 0.3) is 5.91 Å². The van der Waals surface area contributed by atoms with Crippen molar-refractivity contribution in [3.8, 4) is 11.4 Å². The highest BCUT2D eigenvalue weighted by atomic mass is 35.5. The Bertz CT molecular complexity index is 922. The van der Waals surface area contributed by atoms with Crippen molar-refractivity contribution in [1.29, 1.82) is 0 Å². The molecule has 1 aliphatic rings. The minimum Gasteiger partial charge on any atom is -0.496 e. The maximum atomic E-state index is 12.6. The molecule has 4 rings (SSSR count). The Morgan fingerprint density at radius 1 is 1.44 bits per heavy atom. The zero-order valence-electron chi connectivity index (χ0n) is 13.1. The average Bonchev–Trinajstić information content (AvgIpc) is 3.12. The number of amides is 1. The summed E-state index contributed by atoms with van der Waals surface area (Å²) in [6.45, 7) is 0. The van der Waals surface area contributed by atoms with Crippen LogP contribution in [0.2, 0.25) is 5.02 Å². The molecule has 25 heavy (non-hydrogen) atoms. The minimum absolute atomic E-state index is 0.312. The topological polar surface area (TPSA) is 94.8 Å². The molecule has 2 heterocycles. The lowest BCUT2D eigenvalue weighted by Crippen LogP contribution is -2.14. The van der Waals surface area contributed by atoms with E-state index in [1.807, 2.05) is 5.38 Å². The van der Waals surface area contributed by atoms with Crippen molar-refractivity contribution >= 4 is 34.0 Å². The van der Waals surface area contributed by atoms with E-state index < -0.39 is 0 Å². The van der Waals surface area contributed by atoms with Crippen LogP contribution in [0.4, 0.5) is 5.13 Å². The molecule has 2 aromatic heterocycles. The molecule has 1 saturated carbocycles. The van der Waals surface area contributed by atoms with Gasteiger partial charge in [-0.25, -0.2) is 4.98 Å². The van der Waals surface area contributed by atoms with E-state index in [4.69, 9.17) is 16.3 Å². The summed E-state index contributed by atoms with van der Waals surface area (Å²) in [7, 11) is 1.48. The van der Waals surface area contributed by atoms with Crippen LogP contribution in [0.5, 0.6) is 5.75 Å². The number of benzene rings is 1. The Morgan fingerprint density at radius 3 is 2.96 bits per heavy atom. The zero-order valence-corrected chi connectivity index (χ0v) is 14.7. The summed E-state index contributed by atoms with van der Waals surface area (Å²) in [4.78, 5) is 17.1. The van der Waals surface area contributed by atoms with Gasteiger partial charge in [-0.1, -0.05) is 11.6 Å². The van der Waals surface area contributed by atoms with E-state index in [9.17, 15) is 4.79 Å². The number of rotatable bonds is 5. The van der Waals surface area contributed by atoms with E-state index in [0.29, 0.717) is 33.1 Å². The highest BCUT2D eigenvalue weighted by Gasteiger charge is 2.26. The number of methoxy groups -OCH3 is 1. The van der Waals surface area contributed by atoms with Gasteiger partial charge in [-0.3, -0.25) is 10.1 Å². The second-order valence-electron chi connectivity index (χ2n) is 5.56. The minimum atomic E-state index is -0.335. The Hall–Kier alpha value is -2.52. The molecular formula is C15H13ClN6O2S. The highest BCUT2D eigenvalue weighted by molar-refractivity contribution is 7.14. The van der Waals surface area contributed by atoms with E-state index in [0.717, 1.165) is 5.69 Å². The van der Waals surface area contributed by atoms with E-state index in [1.54, 1.807) is 6.07 Å². The first-order valence-corrected chi connectivity index (χ1v) is 8.79. The van der Waals surface area contributed by atoms with E-state index in [2.05, 4.69) is 25.8 Å². The quantitative estimate of drug-likeness (QED) is 0.735. The molecule has 10 heteroatoms. The fourth-order valence-corrected chi connectivity index (χ4v) is 3.45. The van der Waals surface area contributed by atoms with Gasteiger partial charge in [-0.05, 0) is 29.3 Å². The number of anilines is 1. The van der Waals surface area contributed by atoms with Gasteiger partial charge in [0.1, 0.15) is 12.1 Å². The second kappa shape index (κ2) is 6.41. The second-order valence-corrected chi connectivity index (χ2v) is 6.83. The van der Waals surface area contributed by atoms with Gasteiger partial charge in [0.15, 0.2) is 5.13 Å². The number of carbonyl (C=O) groups is 1. The lowest BCUT2D eigenvalue weighted by molar-refractivity contribution is 0.102. The normalized spacial score (nSPS) is 13.7. The van der Waals surface area contributed by atoms with Crippen molar-refractivity contribution in [2.45, 2.75) is 18.8 Å². The van der Waals surface area contributed by atoms with Crippen LogP contribution in [0, 0.1) is 0 Å². The summed E-state index contributed by atoms with van der Waals surface area (Å²) in [5.41, 5.74) is 1.87. The smallest absolute Gasteiger partial charge is 0.261 e. The number of halogens is 1. The van der Waals surface area contributed by atoms with E-state index in [1.165, 1.54) is 48.4 Å². The van der Waals surface area contributed by atoms with Crippen LogP contribution in [-0.2, 0) is 0 Å². The van der Waals surface area contributed by atoms with Crippen LogP contribution in [-0.4, -0.2) is 38.2 Å². The Morgan fingerprint density at radius 2 is 2.28 bits per heavy atom. The maximum absolute atomic E-state index is 12.6. The van der Waals surface area contributed by atoms with Gasteiger partial charge in [-0.15, -0.1) is 16.4 Å². The van der Waals surface area contributed by atoms with Gasteiger partial charge >= 0.3 is 0 Å². The third-order valence-electron chi connectivity index (χ3n) is 3.85. The third-order valence-corrected chi connectivity index (χ3v) is 4.93. The van der Waals surface area contributed by atoms with Crippen LogP contribution in [0.1, 0.15) is 34.8 Å². The first-order chi connectivity index (χ1) is 12.2. The Kier molecular flexibility index (Phi) is 4.10. The number of hydrogen-bond acceptors (Lipinski definition) is 7. The number of tetrazole rings is 1. The molecule has 128 valence electrons. The summed E-state index contributed by atoms with van der Waals surface area (Å²) in [6.07, 6.45) is 3.74. The van der Waals surface area contributed by atoms with Gasteiger partial charge in [0, 0.05) is 17.4 Å². The van der Waals surface area contributed by atoms with Gasteiger partial charge < -0.3 is 4.74 Å². The van der Waals surface area contributed by atoms with Crippen molar-refractivity contribution in [3.63, 3.8) is 0 Å². The summed E-state index contributed by atoms with van der Waals surface area (Å²) in [6, 6.07) is 3.15. The first kappa shape index (κ1) is 16.0. The van der Waals surface area contributed by atoms with Crippen molar-refractivity contribution in [3.05, 3.63) is 40.1 Å². The summed E-state index contributed by atoms with van der Waals surface area (Å²) in [5.74, 6) is 0.576. The van der Waals surface area contributed by atoms with Crippen molar-refractivity contribution in [2.24, 2.45) is 0 Å². The lowest BCUT2D eigenvalue weighted by Gasteiger charge is -2.11. The molecule has 0 unspecified atom stereocenters. The molecule has 0 aliphatic heterocycles. The number of carbonyl (C=O) groups excluding carboxylic acids is 1. The Labute approximate surface area is 151 Å². The van der Waals surface area contributed by atoms with Crippen molar-refractivity contribution in [1.82, 2.24) is 25.2 Å². The largest absolute Gasteiger partial charge is 0.496 e. The number of aromatic nitrogens is 5. The monoisotopic (exact) mass is 376 g/mol. The number of hydrogen-bond donors (Lipinski definition) is 1. The summed E-state index contributed by atoms with van der Waals surface area (Å²) >= 11 is 7.70. The van der Waals surface area contributed by atoms with Crippen LogP contribution in [0.15, 0.2) is 23.8 Å². The van der Waals surface area contributed by atoms with Crippen LogP contribution in [0.3, 0.4) is 0 Å². The number of ether oxygens (including phenoxy) is 1. The van der Waals surface area contributed by atoms with Crippen LogP contribution in [0.25, 0.3) is 5.69 Å². The molecule has 8 nitrogen and oxygen atoms in total. The molecule has 0 spiro atoms. The molecule has 0 bridgehead atoms. The molecule has 0 radical (unpaired) electrons. The van der Waals surface area contributed by atoms with E-state index >= 15 is 0 Å². The summed E-state index contributed by atoms with van der Waals surface area (Å²) in [5, 5.41) is 16.6. The molecular weight excluding hydrogens is 364 g/mol. The number of nitrogens with zero attached hydrogens (tertiary/aromatic N) is 5. The standard InChI is InChI=1S/C15H13ClN6O2S/c1-24-13-5-12(22-7-17-20-21-22)10(16)4-9(13)14(23)19-15-18-11(6-25-15)8-2-3-8/h4-8H,2-3H2,1H3,(H,18,19,23). The lowest BCUT2D eigenvalue weighted by atomic mass is 10.1. The predicted molar refractivity (Wildman–Crippen MR) is 92.8 cm³/mol. The number of thiazole rings is 1. The first-order valence-electron chi connectivity index (χ1n) is 7.53. The average molecular weight is 377 g/mol. The van der Waals surface area contributed by atoms with Crippen LogP contribution >= 0.6 is 22.9 Å². The number of nitrogens with one attached hydrogen (secondary N) is 1. The molecule has 1 N–H and O–H groups in total.